The number of benzene rings is 1. The van der Waals surface area contributed by atoms with E-state index in [2.05, 4.69) is 0 Å². The minimum absolute atomic E-state index is 0.143. The summed E-state index contributed by atoms with van der Waals surface area (Å²) >= 11 is 5.88. The van der Waals surface area contributed by atoms with Gasteiger partial charge in [0.2, 0.25) is 0 Å². The number of hydrogen-bond donors (Lipinski definition) is 1. The molecule has 1 saturated heterocycles. The first-order valence-corrected chi connectivity index (χ1v) is 7.37. The minimum atomic E-state index is -0.961. The Morgan fingerprint density at radius 1 is 1.55 bits per heavy atom. The van der Waals surface area contributed by atoms with Crippen LogP contribution in [0.25, 0.3) is 0 Å². The fourth-order valence-electron chi connectivity index (χ4n) is 2.34. The van der Waals surface area contributed by atoms with Gasteiger partial charge in [0.25, 0.3) is 5.91 Å². The molecule has 2 unspecified atom stereocenters. The normalized spacial score (nSPS) is 19.5. The molecule has 2 rings (SSSR count). The lowest BCUT2D eigenvalue weighted by Crippen LogP contribution is -2.53. The van der Waals surface area contributed by atoms with Gasteiger partial charge in [-0.1, -0.05) is 17.7 Å². The largest absolute Gasteiger partial charge is 0.481 e. The van der Waals surface area contributed by atoms with Crippen molar-refractivity contribution in [3.05, 3.63) is 29.3 Å². The highest BCUT2D eigenvalue weighted by Gasteiger charge is 2.32. The predicted octanol–water partition coefficient (Wildman–Crippen LogP) is 1.81. The summed E-state index contributed by atoms with van der Waals surface area (Å²) in [5.41, 5.74) is 0. The van der Waals surface area contributed by atoms with Gasteiger partial charge in [-0.05, 0) is 25.1 Å². The Morgan fingerprint density at radius 3 is 3.00 bits per heavy atom. The Morgan fingerprint density at radius 2 is 2.32 bits per heavy atom. The van der Waals surface area contributed by atoms with E-state index in [0.29, 0.717) is 23.9 Å². The van der Waals surface area contributed by atoms with Gasteiger partial charge in [0.1, 0.15) is 5.75 Å². The molecule has 6 nitrogen and oxygen atoms in total. The molecule has 1 aromatic rings. The highest BCUT2D eigenvalue weighted by atomic mass is 35.5. The van der Waals surface area contributed by atoms with Gasteiger partial charge in [-0.3, -0.25) is 9.59 Å². The molecule has 1 fully saturated rings. The van der Waals surface area contributed by atoms with Crippen molar-refractivity contribution in [2.24, 2.45) is 0 Å². The van der Waals surface area contributed by atoms with E-state index in [1.165, 1.54) is 4.90 Å². The average molecular weight is 328 g/mol. The van der Waals surface area contributed by atoms with Gasteiger partial charge in [0.05, 0.1) is 25.7 Å². The number of hydrogen-bond acceptors (Lipinski definition) is 4. The quantitative estimate of drug-likeness (QED) is 0.892. The lowest BCUT2D eigenvalue weighted by molar-refractivity contribution is -0.150. The highest BCUT2D eigenvalue weighted by Crippen LogP contribution is 2.20. The van der Waals surface area contributed by atoms with Gasteiger partial charge in [-0.25, -0.2) is 0 Å². The van der Waals surface area contributed by atoms with Gasteiger partial charge < -0.3 is 19.5 Å². The molecule has 0 aromatic heterocycles. The van der Waals surface area contributed by atoms with E-state index in [-0.39, 0.29) is 18.9 Å². The number of carbonyl (C=O) groups is 2. The Hall–Kier alpha value is -1.79. The number of carboxylic acids is 1. The molecular weight excluding hydrogens is 310 g/mol. The summed E-state index contributed by atoms with van der Waals surface area (Å²) in [7, 11) is 0. The molecular formula is C15H18ClNO5. The van der Waals surface area contributed by atoms with Gasteiger partial charge in [0, 0.05) is 11.6 Å². The van der Waals surface area contributed by atoms with Crippen molar-refractivity contribution in [1.29, 1.82) is 0 Å². The van der Waals surface area contributed by atoms with Gasteiger partial charge in [0.15, 0.2) is 6.10 Å². The molecule has 1 amide bonds. The average Bonchev–Trinajstić information content (AvgIpc) is 2.46. The number of carbonyl (C=O) groups excluding carboxylic acids is 1. The lowest BCUT2D eigenvalue weighted by Gasteiger charge is -2.36. The summed E-state index contributed by atoms with van der Waals surface area (Å²) in [6, 6.07) is 6.32. The van der Waals surface area contributed by atoms with Crippen molar-refractivity contribution >= 4 is 23.5 Å². The molecule has 0 radical (unpaired) electrons. The SMILES string of the molecule is CC(Oc1cccc(Cl)c1)C(=O)N1CCOCC1CC(=O)O. The number of amides is 1. The number of ether oxygens (including phenoxy) is 2. The zero-order chi connectivity index (χ0) is 16.1. The molecule has 2 atom stereocenters. The van der Waals surface area contributed by atoms with Crippen LogP contribution in [0.1, 0.15) is 13.3 Å². The Bertz CT molecular complexity index is 550. The molecule has 0 saturated carbocycles. The molecule has 120 valence electrons. The van der Waals surface area contributed by atoms with E-state index in [1.807, 2.05) is 0 Å². The van der Waals surface area contributed by atoms with Crippen LogP contribution in [0, 0.1) is 0 Å². The summed E-state index contributed by atoms with van der Waals surface area (Å²) < 4.78 is 10.9. The molecule has 7 heteroatoms. The fourth-order valence-corrected chi connectivity index (χ4v) is 2.52. The second kappa shape index (κ2) is 7.47. The van der Waals surface area contributed by atoms with Crippen LogP contribution in [0.5, 0.6) is 5.75 Å². The van der Waals surface area contributed by atoms with Crippen LogP contribution in [0.15, 0.2) is 24.3 Å². The minimum Gasteiger partial charge on any atom is -0.481 e. The van der Waals surface area contributed by atoms with Crippen LogP contribution in [0.2, 0.25) is 5.02 Å². The van der Waals surface area contributed by atoms with Gasteiger partial charge in [-0.2, -0.15) is 0 Å². The van der Waals surface area contributed by atoms with E-state index in [9.17, 15) is 9.59 Å². The molecule has 0 spiro atoms. The second-order valence-corrected chi connectivity index (χ2v) is 5.51. The number of aliphatic carboxylic acids is 1. The van der Waals surface area contributed by atoms with Crippen molar-refractivity contribution in [3.63, 3.8) is 0 Å². The van der Waals surface area contributed by atoms with Crippen LogP contribution >= 0.6 is 11.6 Å². The third-order valence-corrected chi connectivity index (χ3v) is 3.61. The maximum atomic E-state index is 12.5. The van der Waals surface area contributed by atoms with Crippen molar-refractivity contribution in [3.8, 4) is 5.75 Å². The Balaban J connectivity index is 2.02. The summed E-state index contributed by atoms with van der Waals surface area (Å²) in [6.07, 6.45) is -0.872. The zero-order valence-corrected chi connectivity index (χ0v) is 13.0. The molecule has 0 aliphatic carbocycles. The number of nitrogens with zero attached hydrogens (tertiary/aromatic N) is 1. The zero-order valence-electron chi connectivity index (χ0n) is 12.2. The van der Waals surface area contributed by atoms with Crippen molar-refractivity contribution < 1.29 is 24.2 Å². The standard InChI is InChI=1S/C15H18ClNO5/c1-10(22-13-4-2-3-11(16)7-13)15(20)17-5-6-21-9-12(17)8-14(18)19/h2-4,7,10,12H,5-6,8-9H2,1H3,(H,18,19). The fraction of sp³-hybridized carbons (Fsp3) is 0.467. The molecule has 1 aromatic carbocycles. The van der Waals surface area contributed by atoms with E-state index < -0.39 is 18.1 Å². The molecule has 1 aliphatic rings. The number of halogens is 1. The van der Waals surface area contributed by atoms with Crippen LogP contribution in [0.3, 0.4) is 0 Å². The maximum Gasteiger partial charge on any atom is 0.305 e. The van der Waals surface area contributed by atoms with Crippen molar-refractivity contribution in [2.75, 3.05) is 19.8 Å². The monoisotopic (exact) mass is 327 g/mol. The third kappa shape index (κ3) is 4.35. The van der Waals surface area contributed by atoms with E-state index >= 15 is 0 Å². The topological polar surface area (TPSA) is 76.1 Å². The summed E-state index contributed by atoms with van der Waals surface area (Å²) in [5, 5.41) is 9.45. The first kappa shape index (κ1) is 16.6. The molecule has 0 bridgehead atoms. The van der Waals surface area contributed by atoms with E-state index in [4.69, 9.17) is 26.2 Å². The maximum absolute atomic E-state index is 12.5. The molecule has 1 heterocycles. The van der Waals surface area contributed by atoms with Gasteiger partial charge in [-0.15, -0.1) is 0 Å². The van der Waals surface area contributed by atoms with Crippen LogP contribution in [0.4, 0.5) is 0 Å². The van der Waals surface area contributed by atoms with Crippen LogP contribution < -0.4 is 4.74 Å². The predicted molar refractivity (Wildman–Crippen MR) is 80.1 cm³/mol. The smallest absolute Gasteiger partial charge is 0.305 e. The number of rotatable bonds is 5. The summed E-state index contributed by atoms with van der Waals surface area (Å²) in [4.78, 5) is 24.9. The van der Waals surface area contributed by atoms with Gasteiger partial charge >= 0.3 is 5.97 Å². The second-order valence-electron chi connectivity index (χ2n) is 5.08. The number of carboxylic acid groups (broad SMARTS) is 1. The highest BCUT2D eigenvalue weighted by molar-refractivity contribution is 6.30. The van der Waals surface area contributed by atoms with Crippen molar-refractivity contribution in [2.45, 2.75) is 25.5 Å². The Labute approximate surface area is 133 Å². The molecule has 1 N–H and O–H groups in total. The van der Waals surface area contributed by atoms with Crippen molar-refractivity contribution in [1.82, 2.24) is 4.90 Å². The first-order chi connectivity index (χ1) is 10.5. The van der Waals surface area contributed by atoms with Crippen LogP contribution in [-0.4, -0.2) is 53.8 Å². The lowest BCUT2D eigenvalue weighted by atomic mass is 10.1. The summed E-state index contributed by atoms with van der Waals surface area (Å²) in [5.74, 6) is -0.720. The number of morpholine rings is 1. The van der Waals surface area contributed by atoms with E-state index in [1.54, 1.807) is 31.2 Å². The molecule has 22 heavy (non-hydrogen) atoms. The summed E-state index contributed by atoms with van der Waals surface area (Å²) in [6.45, 7) is 2.62. The third-order valence-electron chi connectivity index (χ3n) is 3.38. The van der Waals surface area contributed by atoms with Crippen LogP contribution in [-0.2, 0) is 14.3 Å². The Kier molecular flexibility index (Phi) is 5.63. The van der Waals surface area contributed by atoms with E-state index in [0.717, 1.165) is 0 Å². The first-order valence-electron chi connectivity index (χ1n) is 6.99. The molecule has 1 aliphatic heterocycles.